The number of anilines is 1. The molecule has 0 spiro atoms. The molecule has 3 rings (SSSR count). The maximum Gasteiger partial charge on any atom is 0.325 e. The molecule has 0 saturated carbocycles. The molecule has 1 unspecified atom stereocenters. The van der Waals surface area contributed by atoms with Crippen molar-refractivity contribution in [2.45, 2.75) is 24.3 Å². The summed E-state index contributed by atoms with van der Waals surface area (Å²) < 4.78 is 25.3. The molecule has 2 aromatic rings. The Bertz CT molecular complexity index is 1130. The molecule has 2 aromatic carbocycles. The van der Waals surface area contributed by atoms with Gasteiger partial charge in [0.25, 0.3) is 5.91 Å². The lowest BCUT2D eigenvalue weighted by molar-refractivity contribution is -0.133. The Morgan fingerprint density at radius 3 is 2.19 bits per heavy atom. The Kier molecular flexibility index (Phi) is 5.88. The second kappa shape index (κ2) is 8.12. The lowest BCUT2D eigenvalue weighted by atomic mass is 9.91. The van der Waals surface area contributed by atoms with Crippen molar-refractivity contribution in [3.8, 4) is 0 Å². The molecule has 1 fully saturated rings. The van der Waals surface area contributed by atoms with Gasteiger partial charge in [0.1, 0.15) is 12.1 Å². The molecule has 164 valence electrons. The summed E-state index contributed by atoms with van der Waals surface area (Å²) in [7, 11) is -0.734. The van der Waals surface area contributed by atoms with E-state index in [0.29, 0.717) is 11.3 Å². The van der Waals surface area contributed by atoms with E-state index in [1.165, 1.54) is 38.4 Å². The van der Waals surface area contributed by atoms with Gasteiger partial charge in [0.2, 0.25) is 15.9 Å². The van der Waals surface area contributed by atoms with Crippen LogP contribution in [0.5, 0.6) is 0 Å². The van der Waals surface area contributed by atoms with Gasteiger partial charge >= 0.3 is 6.03 Å². The highest BCUT2D eigenvalue weighted by molar-refractivity contribution is 7.89. The highest BCUT2D eigenvalue weighted by Crippen LogP contribution is 2.29. The first-order chi connectivity index (χ1) is 14.4. The third kappa shape index (κ3) is 4.30. The van der Waals surface area contributed by atoms with Crippen molar-refractivity contribution in [1.82, 2.24) is 14.5 Å². The minimum atomic E-state index is -3.58. The van der Waals surface area contributed by atoms with Crippen LogP contribution in [-0.4, -0.2) is 56.1 Å². The minimum absolute atomic E-state index is 0.0819. The molecule has 1 aliphatic rings. The summed E-state index contributed by atoms with van der Waals surface area (Å²) in [5.41, 5.74) is 0.727. The maximum atomic E-state index is 12.9. The largest absolute Gasteiger partial charge is 0.325 e. The minimum Gasteiger partial charge on any atom is -0.325 e. The van der Waals surface area contributed by atoms with E-state index in [-0.39, 0.29) is 4.90 Å². The van der Waals surface area contributed by atoms with E-state index in [4.69, 9.17) is 0 Å². The highest BCUT2D eigenvalue weighted by atomic mass is 32.2. The zero-order chi connectivity index (χ0) is 23.0. The van der Waals surface area contributed by atoms with Gasteiger partial charge in [-0.1, -0.05) is 29.8 Å². The molecular formula is C21H24N4O5S. The van der Waals surface area contributed by atoms with Crippen LogP contribution in [0.2, 0.25) is 0 Å². The number of urea groups is 1. The van der Waals surface area contributed by atoms with Crippen LogP contribution in [0.25, 0.3) is 0 Å². The molecule has 4 amide bonds. The normalized spacial score (nSPS) is 18.9. The van der Waals surface area contributed by atoms with Gasteiger partial charge in [-0.3, -0.25) is 14.5 Å². The predicted molar refractivity (Wildman–Crippen MR) is 115 cm³/mol. The highest BCUT2D eigenvalue weighted by Gasteiger charge is 2.49. The van der Waals surface area contributed by atoms with Gasteiger partial charge in [0.05, 0.1) is 4.90 Å². The van der Waals surface area contributed by atoms with Crippen LogP contribution in [0, 0.1) is 6.92 Å². The number of sulfonamides is 1. The number of nitrogens with zero attached hydrogens (tertiary/aromatic N) is 2. The number of nitrogens with one attached hydrogen (secondary N) is 2. The average Bonchev–Trinajstić information content (AvgIpc) is 2.92. The number of carbonyl (C=O) groups is 3. The molecule has 0 aliphatic carbocycles. The second-order valence-electron chi connectivity index (χ2n) is 7.67. The zero-order valence-corrected chi connectivity index (χ0v) is 18.5. The Morgan fingerprint density at radius 2 is 1.65 bits per heavy atom. The molecule has 0 aromatic heterocycles. The smallest absolute Gasteiger partial charge is 0.325 e. The Hall–Kier alpha value is -3.24. The molecule has 9 nitrogen and oxygen atoms in total. The third-order valence-electron chi connectivity index (χ3n) is 5.12. The van der Waals surface area contributed by atoms with Crippen LogP contribution in [0.15, 0.2) is 53.4 Å². The second-order valence-corrected chi connectivity index (χ2v) is 9.82. The summed E-state index contributed by atoms with van der Waals surface area (Å²) >= 11 is 0. The van der Waals surface area contributed by atoms with E-state index in [1.54, 1.807) is 19.1 Å². The van der Waals surface area contributed by atoms with Crippen molar-refractivity contribution in [2.24, 2.45) is 0 Å². The van der Waals surface area contributed by atoms with Gasteiger partial charge in [-0.05, 0) is 43.7 Å². The van der Waals surface area contributed by atoms with Crippen LogP contribution in [0.3, 0.4) is 0 Å². The first-order valence-electron chi connectivity index (χ1n) is 9.49. The van der Waals surface area contributed by atoms with E-state index in [2.05, 4.69) is 10.6 Å². The molecule has 2 N–H and O–H groups in total. The van der Waals surface area contributed by atoms with Gasteiger partial charge in [-0.25, -0.2) is 17.5 Å². The summed E-state index contributed by atoms with van der Waals surface area (Å²) in [6.45, 7) is 3.05. The Balaban J connectivity index is 1.70. The standard InChI is InChI=1S/C21H24N4O5S/c1-14-5-7-15(8-6-14)21(2)19(27)25(20(28)23-21)13-18(26)22-16-9-11-17(12-10-16)31(29,30)24(3)4/h5-12H,13H2,1-4H3,(H,22,26)(H,23,28). The van der Waals surface area contributed by atoms with Gasteiger partial charge < -0.3 is 10.6 Å². The first kappa shape index (κ1) is 22.4. The molecule has 0 radical (unpaired) electrons. The topological polar surface area (TPSA) is 116 Å². The van der Waals surface area contributed by atoms with Crippen LogP contribution in [-0.2, 0) is 25.2 Å². The molecular weight excluding hydrogens is 420 g/mol. The van der Waals surface area contributed by atoms with E-state index in [9.17, 15) is 22.8 Å². The van der Waals surface area contributed by atoms with Crippen molar-refractivity contribution in [3.63, 3.8) is 0 Å². The molecule has 31 heavy (non-hydrogen) atoms. The summed E-state index contributed by atoms with van der Waals surface area (Å²) in [5.74, 6) is -1.11. The van der Waals surface area contributed by atoms with Crippen molar-refractivity contribution in [3.05, 3.63) is 59.7 Å². The van der Waals surface area contributed by atoms with E-state index in [0.717, 1.165) is 14.8 Å². The lowest BCUT2D eigenvalue weighted by Gasteiger charge is -2.22. The van der Waals surface area contributed by atoms with E-state index in [1.807, 2.05) is 19.1 Å². The number of imide groups is 1. The summed E-state index contributed by atoms with van der Waals surface area (Å²) in [4.78, 5) is 38.7. The monoisotopic (exact) mass is 444 g/mol. The fourth-order valence-corrected chi connectivity index (χ4v) is 4.09. The van der Waals surface area contributed by atoms with Crippen molar-refractivity contribution < 1.29 is 22.8 Å². The van der Waals surface area contributed by atoms with Crippen molar-refractivity contribution >= 4 is 33.6 Å². The molecule has 1 saturated heterocycles. The number of hydrogen-bond donors (Lipinski definition) is 2. The number of amides is 4. The fourth-order valence-electron chi connectivity index (χ4n) is 3.19. The molecule has 10 heteroatoms. The van der Waals surface area contributed by atoms with Gasteiger partial charge in [-0.15, -0.1) is 0 Å². The lowest BCUT2D eigenvalue weighted by Crippen LogP contribution is -2.42. The molecule has 1 atom stereocenters. The average molecular weight is 445 g/mol. The van der Waals surface area contributed by atoms with Gasteiger partial charge in [0.15, 0.2) is 0 Å². The number of hydrogen-bond acceptors (Lipinski definition) is 5. The fraction of sp³-hybridized carbons (Fsp3) is 0.286. The maximum absolute atomic E-state index is 12.9. The van der Waals surface area contributed by atoms with Crippen LogP contribution < -0.4 is 10.6 Å². The van der Waals surface area contributed by atoms with Crippen molar-refractivity contribution in [1.29, 1.82) is 0 Å². The summed E-state index contributed by atoms with van der Waals surface area (Å²) in [6, 6.07) is 12.2. The number of aryl methyl sites for hydroxylation is 1. The van der Waals surface area contributed by atoms with Crippen LogP contribution >= 0.6 is 0 Å². The van der Waals surface area contributed by atoms with Crippen LogP contribution in [0.1, 0.15) is 18.1 Å². The van der Waals surface area contributed by atoms with E-state index < -0.39 is 40.0 Å². The van der Waals surface area contributed by atoms with Crippen molar-refractivity contribution in [2.75, 3.05) is 26.0 Å². The molecule has 1 heterocycles. The van der Waals surface area contributed by atoms with Crippen LogP contribution in [0.4, 0.5) is 10.5 Å². The number of carbonyl (C=O) groups excluding carboxylic acids is 3. The van der Waals surface area contributed by atoms with Gasteiger partial charge in [-0.2, -0.15) is 0 Å². The predicted octanol–water partition coefficient (Wildman–Crippen LogP) is 1.65. The molecule has 1 aliphatic heterocycles. The number of benzene rings is 2. The molecule has 0 bridgehead atoms. The third-order valence-corrected chi connectivity index (χ3v) is 6.95. The quantitative estimate of drug-likeness (QED) is 0.658. The Morgan fingerprint density at radius 1 is 1.06 bits per heavy atom. The van der Waals surface area contributed by atoms with E-state index >= 15 is 0 Å². The zero-order valence-electron chi connectivity index (χ0n) is 17.7. The van der Waals surface area contributed by atoms with Gasteiger partial charge in [0, 0.05) is 19.8 Å². The summed E-state index contributed by atoms with van der Waals surface area (Å²) in [5, 5.41) is 5.23. The number of rotatable bonds is 6. The SMILES string of the molecule is Cc1ccc(C2(C)NC(=O)N(CC(=O)Nc3ccc(S(=O)(=O)N(C)C)cc3)C2=O)cc1. The first-order valence-corrected chi connectivity index (χ1v) is 10.9. The summed E-state index contributed by atoms with van der Waals surface area (Å²) in [6.07, 6.45) is 0. The Labute approximate surface area is 181 Å².